The van der Waals surface area contributed by atoms with E-state index in [2.05, 4.69) is 10.3 Å². The van der Waals surface area contributed by atoms with Gasteiger partial charge in [0.15, 0.2) is 0 Å². The van der Waals surface area contributed by atoms with Crippen LogP contribution in [0.15, 0.2) is 29.3 Å². The lowest BCUT2D eigenvalue weighted by molar-refractivity contribution is -0.140. The number of amidine groups is 1. The molecule has 128 valence electrons. The van der Waals surface area contributed by atoms with Crippen LogP contribution in [0.3, 0.4) is 0 Å². The zero-order chi connectivity index (χ0) is 16.7. The van der Waals surface area contributed by atoms with Gasteiger partial charge in [-0.05, 0) is 74.5 Å². The summed E-state index contributed by atoms with van der Waals surface area (Å²) in [6.07, 6.45) is 7.24. The summed E-state index contributed by atoms with van der Waals surface area (Å²) in [5, 5.41) is 3.15. The van der Waals surface area contributed by atoms with E-state index in [1.165, 1.54) is 19.3 Å². The molecule has 24 heavy (non-hydrogen) atoms. The van der Waals surface area contributed by atoms with E-state index in [-0.39, 0.29) is 17.2 Å². The van der Waals surface area contributed by atoms with Gasteiger partial charge in [0.05, 0.1) is 17.0 Å². The lowest BCUT2D eigenvalue weighted by atomic mass is 9.49. The number of nitrogens with one attached hydrogen (secondary N) is 1. The summed E-state index contributed by atoms with van der Waals surface area (Å²) < 4.78 is 0. The van der Waals surface area contributed by atoms with Gasteiger partial charge in [0, 0.05) is 5.69 Å². The Labute approximate surface area is 147 Å². The molecule has 1 amide bonds. The predicted octanol–water partition coefficient (Wildman–Crippen LogP) is 4.07. The minimum Gasteiger partial charge on any atom is -0.386 e. The highest BCUT2D eigenvalue weighted by atomic mass is 35.5. The smallest absolute Gasteiger partial charge is 0.230 e. The molecule has 0 atom stereocenters. The minimum absolute atomic E-state index is 0.136. The van der Waals surface area contributed by atoms with Crippen molar-refractivity contribution in [1.82, 2.24) is 0 Å². The lowest BCUT2D eigenvalue weighted by Gasteiger charge is -2.55. The Balaban J connectivity index is 1.51. The molecule has 5 rings (SSSR count). The van der Waals surface area contributed by atoms with Gasteiger partial charge in [0.25, 0.3) is 0 Å². The third-order valence-corrected chi connectivity index (χ3v) is 6.31. The van der Waals surface area contributed by atoms with Crippen LogP contribution in [-0.2, 0) is 4.79 Å². The highest BCUT2D eigenvalue weighted by molar-refractivity contribution is 6.28. The van der Waals surface area contributed by atoms with Crippen LogP contribution >= 0.6 is 11.6 Å². The monoisotopic (exact) mass is 345 g/mol. The van der Waals surface area contributed by atoms with Crippen LogP contribution < -0.4 is 11.1 Å². The Morgan fingerprint density at radius 3 is 2.42 bits per heavy atom. The van der Waals surface area contributed by atoms with Gasteiger partial charge in [0.1, 0.15) is 5.84 Å². The van der Waals surface area contributed by atoms with Gasteiger partial charge in [-0.25, -0.2) is 4.99 Å². The highest BCUT2D eigenvalue weighted by Gasteiger charge is 2.54. The van der Waals surface area contributed by atoms with Gasteiger partial charge >= 0.3 is 0 Å². The number of hydrogen-bond acceptors (Lipinski definition) is 2. The molecule has 0 heterocycles. The Hall–Kier alpha value is -1.55. The van der Waals surface area contributed by atoms with Crippen LogP contribution in [0.4, 0.5) is 11.4 Å². The number of hydrogen-bond donors (Lipinski definition) is 2. The molecular weight excluding hydrogens is 322 g/mol. The lowest BCUT2D eigenvalue weighted by Crippen LogP contribution is -2.51. The quantitative estimate of drug-likeness (QED) is 0.490. The van der Waals surface area contributed by atoms with Crippen molar-refractivity contribution < 1.29 is 4.79 Å². The van der Waals surface area contributed by atoms with Crippen molar-refractivity contribution in [3.63, 3.8) is 0 Å². The Kier molecular flexibility index (Phi) is 4.03. The van der Waals surface area contributed by atoms with Crippen LogP contribution in [-0.4, -0.2) is 17.6 Å². The molecule has 4 saturated carbocycles. The maximum Gasteiger partial charge on any atom is 0.230 e. The molecule has 4 aliphatic carbocycles. The number of nitrogens with zero attached hydrogens (tertiary/aromatic N) is 1. The Morgan fingerprint density at radius 2 is 1.83 bits per heavy atom. The molecule has 4 fully saturated rings. The first kappa shape index (κ1) is 15.9. The molecule has 0 spiro atoms. The molecule has 0 radical (unpaired) electrons. The molecule has 3 N–H and O–H groups in total. The summed E-state index contributed by atoms with van der Waals surface area (Å²) in [6, 6.07) is 7.52. The summed E-state index contributed by atoms with van der Waals surface area (Å²) in [4.78, 5) is 17.3. The average Bonchev–Trinajstić information content (AvgIpc) is 2.53. The van der Waals surface area contributed by atoms with Crippen molar-refractivity contribution >= 4 is 34.7 Å². The Morgan fingerprint density at radius 1 is 1.21 bits per heavy atom. The van der Waals surface area contributed by atoms with E-state index in [0.29, 0.717) is 5.84 Å². The predicted molar refractivity (Wildman–Crippen MR) is 97.7 cm³/mol. The molecule has 0 aliphatic heterocycles. The minimum atomic E-state index is -0.136. The van der Waals surface area contributed by atoms with Crippen molar-refractivity contribution in [3.05, 3.63) is 24.3 Å². The number of amides is 1. The molecular formula is C19H24ClN3O. The topological polar surface area (TPSA) is 67.5 Å². The van der Waals surface area contributed by atoms with E-state index < -0.39 is 0 Å². The van der Waals surface area contributed by atoms with E-state index in [1.807, 2.05) is 24.3 Å². The van der Waals surface area contributed by atoms with Crippen LogP contribution in [0.2, 0.25) is 0 Å². The van der Waals surface area contributed by atoms with E-state index in [9.17, 15) is 4.79 Å². The number of anilines is 1. The Bertz CT molecular complexity index is 650. The van der Waals surface area contributed by atoms with Crippen LogP contribution in [0.5, 0.6) is 0 Å². The standard InChI is InChI=1S/C19H24ClN3O/c20-11-17(21)22-15-2-1-3-16(7-15)23-18(24)19-8-12-4-13(9-19)6-14(5-12)10-19/h1-3,7,12-14H,4-6,8-11H2,(H2,21,22)(H,23,24). The number of carbonyl (C=O) groups excluding carboxylic acids is 1. The SMILES string of the molecule is NC(CCl)=Nc1cccc(NC(=O)C23CC4CC(CC(C4)C2)C3)c1. The van der Waals surface area contributed by atoms with Gasteiger partial charge in [0.2, 0.25) is 5.91 Å². The first-order valence-electron chi connectivity index (χ1n) is 8.87. The number of carbonyl (C=O) groups is 1. The second kappa shape index (κ2) is 6.07. The number of nitrogens with two attached hydrogens (primary N) is 1. The largest absolute Gasteiger partial charge is 0.386 e. The number of alkyl halides is 1. The third-order valence-electron chi connectivity index (χ3n) is 6.03. The van der Waals surface area contributed by atoms with Gasteiger partial charge in [-0.15, -0.1) is 11.6 Å². The maximum absolute atomic E-state index is 13.1. The molecule has 1 aromatic rings. The van der Waals surface area contributed by atoms with Crippen molar-refractivity contribution in [3.8, 4) is 0 Å². The summed E-state index contributed by atoms with van der Waals surface area (Å²) in [7, 11) is 0. The summed E-state index contributed by atoms with van der Waals surface area (Å²) in [6.45, 7) is 0. The van der Waals surface area contributed by atoms with Crippen LogP contribution in [0.1, 0.15) is 38.5 Å². The molecule has 0 aromatic heterocycles. The van der Waals surface area contributed by atoms with Crippen molar-refractivity contribution in [1.29, 1.82) is 0 Å². The average molecular weight is 346 g/mol. The molecule has 0 unspecified atom stereocenters. The van der Waals surface area contributed by atoms with Gasteiger partial charge in [-0.2, -0.15) is 0 Å². The normalized spacial score (nSPS) is 34.4. The summed E-state index contributed by atoms with van der Waals surface area (Å²) in [5.74, 6) is 3.07. The van der Waals surface area contributed by atoms with Crippen LogP contribution in [0, 0.1) is 23.2 Å². The van der Waals surface area contributed by atoms with Gasteiger partial charge in [-0.1, -0.05) is 6.07 Å². The number of aliphatic imine (C=N–C) groups is 1. The summed E-state index contributed by atoms with van der Waals surface area (Å²) in [5.41, 5.74) is 7.06. The maximum atomic E-state index is 13.1. The fourth-order valence-corrected chi connectivity index (χ4v) is 5.56. The first-order chi connectivity index (χ1) is 11.6. The highest BCUT2D eigenvalue weighted by Crippen LogP contribution is 2.60. The fourth-order valence-electron chi connectivity index (χ4n) is 5.50. The van der Waals surface area contributed by atoms with E-state index in [4.69, 9.17) is 17.3 Å². The molecule has 4 nitrogen and oxygen atoms in total. The second-order valence-corrected chi connectivity index (χ2v) is 8.21. The van der Waals surface area contributed by atoms with Crippen molar-refractivity contribution in [2.45, 2.75) is 38.5 Å². The number of halogens is 1. The summed E-state index contributed by atoms with van der Waals surface area (Å²) >= 11 is 5.68. The third kappa shape index (κ3) is 2.92. The van der Waals surface area contributed by atoms with Crippen molar-refractivity contribution in [2.24, 2.45) is 33.9 Å². The molecule has 0 saturated heterocycles. The number of benzene rings is 1. The molecule has 5 heteroatoms. The fraction of sp³-hybridized carbons (Fsp3) is 0.579. The molecule has 4 aliphatic rings. The van der Waals surface area contributed by atoms with E-state index >= 15 is 0 Å². The first-order valence-corrected chi connectivity index (χ1v) is 9.40. The van der Waals surface area contributed by atoms with Gasteiger partial charge in [-0.3, -0.25) is 4.79 Å². The zero-order valence-corrected chi connectivity index (χ0v) is 14.6. The molecule has 1 aromatic carbocycles. The second-order valence-electron chi connectivity index (χ2n) is 7.94. The van der Waals surface area contributed by atoms with Crippen LogP contribution in [0.25, 0.3) is 0 Å². The molecule has 4 bridgehead atoms. The zero-order valence-electron chi connectivity index (χ0n) is 13.8. The number of rotatable bonds is 4. The van der Waals surface area contributed by atoms with E-state index in [0.717, 1.165) is 48.4 Å². The van der Waals surface area contributed by atoms with E-state index in [1.54, 1.807) is 0 Å². The van der Waals surface area contributed by atoms with Crippen molar-refractivity contribution in [2.75, 3.05) is 11.2 Å². The van der Waals surface area contributed by atoms with Gasteiger partial charge < -0.3 is 11.1 Å².